The van der Waals surface area contributed by atoms with Crippen LogP contribution in [0.4, 0.5) is 0 Å². The van der Waals surface area contributed by atoms with E-state index in [-0.39, 0.29) is 12.0 Å². The molecule has 0 saturated carbocycles. The lowest BCUT2D eigenvalue weighted by atomic mass is 9.90. The first-order valence-corrected chi connectivity index (χ1v) is 7.13. The van der Waals surface area contributed by atoms with Crippen molar-refractivity contribution in [2.75, 3.05) is 13.7 Å². The first-order valence-electron chi connectivity index (χ1n) is 7.13. The predicted octanol–water partition coefficient (Wildman–Crippen LogP) is 2.69. The molecular weight excluding hydrogens is 254 g/mol. The molecule has 0 amide bonds. The maximum Gasteiger partial charge on any atom is 0.308 e. The summed E-state index contributed by atoms with van der Waals surface area (Å²) in [5.41, 5.74) is 2.29. The summed E-state index contributed by atoms with van der Waals surface area (Å²) in [4.78, 5) is 13.5. The third kappa shape index (κ3) is 3.12. The van der Waals surface area contributed by atoms with Gasteiger partial charge in [0.05, 0.1) is 13.0 Å². The summed E-state index contributed by atoms with van der Waals surface area (Å²) < 4.78 is 5.35. The normalized spacial score (nSPS) is 23.6. The molecule has 1 fully saturated rings. The smallest absolute Gasteiger partial charge is 0.308 e. The minimum absolute atomic E-state index is 0.0774. The number of hydrogen-bond donors (Lipinski definition) is 1. The summed E-state index contributed by atoms with van der Waals surface area (Å²) in [5.74, 6) is -0.0401. The number of ether oxygens (including phenoxy) is 1. The number of carboxylic acids is 1. The van der Waals surface area contributed by atoms with Gasteiger partial charge in [0.15, 0.2) is 0 Å². The number of piperidine rings is 1. The molecule has 0 radical (unpaired) electrons. The average molecular weight is 277 g/mol. The van der Waals surface area contributed by atoms with E-state index >= 15 is 0 Å². The standard InChI is InChI=1S/C16H23NO3/c1-11-6-7-13(9-15(11)20-3)10-17-8-4-5-14(12(17)2)16(18)19/h6-7,9,12,14H,4-5,8,10H2,1-3H3,(H,18,19)/t12-,14-/m0/s1. The molecule has 0 aliphatic carbocycles. The topological polar surface area (TPSA) is 49.8 Å². The Kier molecular flexibility index (Phi) is 4.65. The first-order chi connectivity index (χ1) is 9.52. The van der Waals surface area contributed by atoms with Crippen LogP contribution in [0.5, 0.6) is 5.75 Å². The van der Waals surface area contributed by atoms with E-state index in [9.17, 15) is 9.90 Å². The zero-order chi connectivity index (χ0) is 14.7. The number of benzene rings is 1. The van der Waals surface area contributed by atoms with Gasteiger partial charge < -0.3 is 9.84 Å². The summed E-state index contributed by atoms with van der Waals surface area (Å²) in [7, 11) is 1.68. The summed E-state index contributed by atoms with van der Waals surface area (Å²) in [6.07, 6.45) is 1.73. The summed E-state index contributed by atoms with van der Waals surface area (Å²) in [6, 6.07) is 6.27. The van der Waals surface area contributed by atoms with Crippen LogP contribution in [-0.4, -0.2) is 35.7 Å². The SMILES string of the molecule is COc1cc(CN2CCC[C@H](C(=O)O)[C@@H]2C)ccc1C. The van der Waals surface area contributed by atoms with Gasteiger partial charge in [-0.2, -0.15) is 0 Å². The van der Waals surface area contributed by atoms with Gasteiger partial charge >= 0.3 is 5.97 Å². The highest BCUT2D eigenvalue weighted by Crippen LogP contribution is 2.27. The number of likely N-dealkylation sites (tertiary alicyclic amines) is 1. The molecule has 1 aliphatic rings. The van der Waals surface area contributed by atoms with Crippen molar-refractivity contribution < 1.29 is 14.6 Å². The van der Waals surface area contributed by atoms with E-state index in [4.69, 9.17) is 4.74 Å². The van der Waals surface area contributed by atoms with Gasteiger partial charge in [-0.25, -0.2) is 0 Å². The van der Waals surface area contributed by atoms with Gasteiger partial charge in [0.2, 0.25) is 0 Å². The van der Waals surface area contributed by atoms with Crippen molar-refractivity contribution in [3.05, 3.63) is 29.3 Å². The highest BCUT2D eigenvalue weighted by molar-refractivity contribution is 5.71. The average Bonchev–Trinajstić information content (AvgIpc) is 2.42. The molecule has 4 nitrogen and oxygen atoms in total. The van der Waals surface area contributed by atoms with Crippen LogP contribution in [0.15, 0.2) is 18.2 Å². The Labute approximate surface area is 120 Å². The molecule has 1 aromatic carbocycles. The minimum Gasteiger partial charge on any atom is -0.496 e. The number of aliphatic carboxylic acids is 1. The Morgan fingerprint density at radius 1 is 1.50 bits per heavy atom. The molecule has 1 saturated heterocycles. The molecule has 20 heavy (non-hydrogen) atoms. The van der Waals surface area contributed by atoms with Crippen molar-refractivity contribution in [2.24, 2.45) is 5.92 Å². The van der Waals surface area contributed by atoms with Gasteiger partial charge in [0.25, 0.3) is 0 Å². The molecule has 0 unspecified atom stereocenters. The van der Waals surface area contributed by atoms with Crippen LogP contribution in [-0.2, 0) is 11.3 Å². The van der Waals surface area contributed by atoms with Gasteiger partial charge in [-0.1, -0.05) is 12.1 Å². The second kappa shape index (κ2) is 6.27. The lowest BCUT2D eigenvalue weighted by Gasteiger charge is -2.37. The Morgan fingerprint density at radius 2 is 2.25 bits per heavy atom. The van der Waals surface area contributed by atoms with Crippen LogP contribution in [0.25, 0.3) is 0 Å². The van der Waals surface area contributed by atoms with Gasteiger partial charge in [0.1, 0.15) is 5.75 Å². The van der Waals surface area contributed by atoms with Gasteiger partial charge in [-0.05, 0) is 50.4 Å². The van der Waals surface area contributed by atoms with Gasteiger partial charge in [-0.15, -0.1) is 0 Å². The van der Waals surface area contributed by atoms with E-state index in [0.29, 0.717) is 0 Å². The summed E-state index contributed by atoms with van der Waals surface area (Å²) >= 11 is 0. The highest BCUT2D eigenvalue weighted by atomic mass is 16.5. The van der Waals surface area contributed by atoms with Crippen molar-refractivity contribution in [1.82, 2.24) is 4.90 Å². The minimum atomic E-state index is -0.677. The van der Waals surface area contributed by atoms with Crippen molar-refractivity contribution in [1.29, 1.82) is 0 Å². The van der Waals surface area contributed by atoms with E-state index in [2.05, 4.69) is 17.0 Å². The Hall–Kier alpha value is -1.55. The van der Waals surface area contributed by atoms with E-state index in [1.165, 1.54) is 5.56 Å². The van der Waals surface area contributed by atoms with Crippen molar-refractivity contribution >= 4 is 5.97 Å². The van der Waals surface area contributed by atoms with Crippen molar-refractivity contribution in [3.63, 3.8) is 0 Å². The monoisotopic (exact) mass is 277 g/mol. The molecule has 1 aromatic rings. The van der Waals surface area contributed by atoms with Crippen LogP contribution >= 0.6 is 0 Å². The third-order valence-corrected chi connectivity index (χ3v) is 4.29. The van der Waals surface area contributed by atoms with Crippen LogP contribution in [0.3, 0.4) is 0 Å². The second-order valence-corrected chi connectivity index (χ2v) is 5.60. The number of aryl methyl sites for hydroxylation is 1. The molecule has 110 valence electrons. The largest absolute Gasteiger partial charge is 0.496 e. The van der Waals surface area contributed by atoms with Crippen molar-refractivity contribution in [3.8, 4) is 5.75 Å². The molecule has 2 atom stereocenters. The molecule has 0 bridgehead atoms. The predicted molar refractivity (Wildman–Crippen MR) is 78.0 cm³/mol. The van der Waals surface area contributed by atoms with Crippen LogP contribution in [0.2, 0.25) is 0 Å². The summed E-state index contributed by atoms with van der Waals surface area (Å²) in [5, 5.41) is 9.26. The van der Waals surface area contributed by atoms with Crippen LogP contribution in [0.1, 0.15) is 30.9 Å². The lowest BCUT2D eigenvalue weighted by molar-refractivity contribution is -0.145. The number of carbonyl (C=O) groups is 1. The Morgan fingerprint density at radius 3 is 2.90 bits per heavy atom. The number of nitrogens with zero attached hydrogens (tertiary/aromatic N) is 1. The maximum atomic E-state index is 11.3. The Balaban J connectivity index is 2.11. The van der Waals surface area contributed by atoms with Crippen molar-refractivity contribution in [2.45, 2.75) is 39.3 Å². The molecule has 2 rings (SSSR count). The quantitative estimate of drug-likeness (QED) is 0.919. The molecule has 0 aromatic heterocycles. The number of hydrogen-bond acceptors (Lipinski definition) is 3. The molecule has 0 spiro atoms. The van der Waals surface area contributed by atoms with Crippen LogP contribution < -0.4 is 4.74 Å². The zero-order valence-electron chi connectivity index (χ0n) is 12.4. The fourth-order valence-electron chi connectivity index (χ4n) is 2.96. The first kappa shape index (κ1) is 14.9. The molecule has 1 N–H and O–H groups in total. The molecule has 4 heteroatoms. The number of methoxy groups -OCH3 is 1. The summed E-state index contributed by atoms with van der Waals surface area (Å²) in [6.45, 7) is 5.78. The van der Waals surface area contributed by atoms with E-state index in [0.717, 1.165) is 37.2 Å². The van der Waals surface area contributed by atoms with E-state index in [1.807, 2.05) is 19.9 Å². The molecular formula is C16H23NO3. The van der Waals surface area contributed by atoms with E-state index < -0.39 is 5.97 Å². The van der Waals surface area contributed by atoms with Crippen LogP contribution in [0, 0.1) is 12.8 Å². The number of rotatable bonds is 4. The highest BCUT2D eigenvalue weighted by Gasteiger charge is 2.32. The maximum absolute atomic E-state index is 11.3. The van der Waals surface area contributed by atoms with Gasteiger partial charge in [-0.3, -0.25) is 9.69 Å². The molecule has 1 aliphatic heterocycles. The second-order valence-electron chi connectivity index (χ2n) is 5.60. The third-order valence-electron chi connectivity index (χ3n) is 4.29. The molecule has 1 heterocycles. The zero-order valence-corrected chi connectivity index (χ0v) is 12.4. The fraction of sp³-hybridized carbons (Fsp3) is 0.562. The van der Waals surface area contributed by atoms with Gasteiger partial charge in [0, 0.05) is 12.6 Å². The Bertz CT molecular complexity index is 487. The number of carboxylic acid groups (broad SMARTS) is 1. The van der Waals surface area contributed by atoms with E-state index in [1.54, 1.807) is 7.11 Å². The lowest BCUT2D eigenvalue weighted by Crippen LogP contribution is -2.45. The fourth-order valence-corrected chi connectivity index (χ4v) is 2.96.